The van der Waals surface area contributed by atoms with E-state index in [1.54, 1.807) is 42.2 Å². The minimum atomic E-state index is -3.66. The van der Waals surface area contributed by atoms with Gasteiger partial charge in [-0.15, -0.1) is 0 Å². The molecular formula is C23H24ClFN4O3S. The van der Waals surface area contributed by atoms with E-state index in [4.69, 9.17) is 11.6 Å². The summed E-state index contributed by atoms with van der Waals surface area (Å²) in [5, 5.41) is 3.39. The lowest BCUT2D eigenvalue weighted by atomic mass is 9.96. The Hall–Kier alpha value is -2.75. The predicted octanol–water partition coefficient (Wildman–Crippen LogP) is 3.52. The number of aryl methyl sites for hydroxylation is 1. The van der Waals surface area contributed by atoms with Gasteiger partial charge in [-0.25, -0.2) is 17.8 Å². The third kappa shape index (κ3) is 4.95. The predicted molar refractivity (Wildman–Crippen MR) is 123 cm³/mol. The van der Waals surface area contributed by atoms with Gasteiger partial charge in [-0.05, 0) is 43.2 Å². The Morgan fingerprint density at radius 3 is 2.42 bits per heavy atom. The SMILES string of the molecule is Cn1ccnc1C(NC(=O)C1CCN(S(=O)(=O)c2ccc(Cl)cc2)CC1)c1ccccc1F. The summed E-state index contributed by atoms with van der Waals surface area (Å²) in [6, 6.07) is 11.5. The molecule has 3 aromatic rings. The van der Waals surface area contributed by atoms with Gasteiger partial charge in [0.25, 0.3) is 0 Å². The van der Waals surface area contributed by atoms with Crippen LogP contribution in [-0.2, 0) is 21.9 Å². The van der Waals surface area contributed by atoms with E-state index in [2.05, 4.69) is 10.3 Å². The first-order valence-corrected chi connectivity index (χ1v) is 12.4. The molecular weight excluding hydrogens is 467 g/mol. The quantitative estimate of drug-likeness (QED) is 0.573. The van der Waals surface area contributed by atoms with Crippen molar-refractivity contribution in [2.24, 2.45) is 13.0 Å². The molecule has 7 nitrogen and oxygen atoms in total. The summed E-state index contributed by atoms with van der Waals surface area (Å²) in [5.74, 6) is -0.572. The number of carbonyl (C=O) groups is 1. The Labute approximate surface area is 197 Å². The van der Waals surface area contributed by atoms with Gasteiger partial charge < -0.3 is 9.88 Å². The highest BCUT2D eigenvalue weighted by atomic mass is 35.5. The highest BCUT2D eigenvalue weighted by molar-refractivity contribution is 7.89. The molecule has 2 aromatic carbocycles. The maximum atomic E-state index is 14.6. The van der Waals surface area contributed by atoms with E-state index in [1.807, 2.05) is 0 Å². The zero-order valence-corrected chi connectivity index (χ0v) is 19.6. The zero-order valence-electron chi connectivity index (χ0n) is 18.0. The van der Waals surface area contributed by atoms with Crippen molar-refractivity contribution in [1.82, 2.24) is 19.2 Å². The van der Waals surface area contributed by atoms with Crippen molar-refractivity contribution in [2.75, 3.05) is 13.1 Å². The molecule has 0 radical (unpaired) electrons. The zero-order chi connectivity index (χ0) is 23.6. The fraction of sp³-hybridized carbons (Fsp3) is 0.304. The minimum absolute atomic E-state index is 0.171. The molecule has 1 fully saturated rings. The number of nitrogens with zero attached hydrogens (tertiary/aromatic N) is 3. The maximum absolute atomic E-state index is 14.6. The lowest BCUT2D eigenvalue weighted by molar-refractivity contribution is -0.126. The van der Waals surface area contributed by atoms with E-state index in [9.17, 15) is 17.6 Å². The van der Waals surface area contributed by atoms with Crippen LogP contribution in [0.1, 0.15) is 30.3 Å². The van der Waals surface area contributed by atoms with E-state index in [0.29, 0.717) is 29.3 Å². The molecule has 1 atom stereocenters. The van der Waals surface area contributed by atoms with Crippen LogP contribution in [0.2, 0.25) is 5.02 Å². The Morgan fingerprint density at radius 2 is 1.82 bits per heavy atom. The molecule has 1 aliphatic rings. The van der Waals surface area contributed by atoms with Crippen LogP contribution in [0.15, 0.2) is 65.8 Å². The lowest BCUT2D eigenvalue weighted by Crippen LogP contribution is -2.44. The van der Waals surface area contributed by atoms with Crippen molar-refractivity contribution < 1.29 is 17.6 Å². The van der Waals surface area contributed by atoms with E-state index < -0.39 is 27.8 Å². The Balaban J connectivity index is 1.47. The van der Waals surface area contributed by atoms with Gasteiger partial charge in [0.2, 0.25) is 15.9 Å². The largest absolute Gasteiger partial charge is 0.342 e. The first kappa shape index (κ1) is 23.4. The number of amides is 1. The van der Waals surface area contributed by atoms with Gasteiger partial charge in [0.1, 0.15) is 17.7 Å². The molecule has 1 saturated heterocycles. The summed E-state index contributed by atoms with van der Waals surface area (Å²) in [7, 11) is -1.88. The van der Waals surface area contributed by atoms with Crippen molar-refractivity contribution in [3.63, 3.8) is 0 Å². The number of hydrogen-bond acceptors (Lipinski definition) is 4. The van der Waals surface area contributed by atoms with Crippen molar-refractivity contribution in [3.8, 4) is 0 Å². The lowest BCUT2D eigenvalue weighted by Gasteiger charge is -2.31. The normalized spacial score (nSPS) is 16.5. The van der Waals surface area contributed by atoms with Crippen LogP contribution in [0.3, 0.4) is 0 Å². The third-order valence-corrected chi connectivity index (χ3v) is 8.06. The first-order chi connectivity index (χ1) is 15.8. The molecule has 1 aromatic heterocycles. The van der Waals surface area contributed by atoms with Crippen LogP contribution in [0, 0.1) is 11.7 Å². The van der Waals surface area contributed by atoms with Crippen LogP contribution in [0.25, 0.3) is 0 Å². The number of sulfonamides is 1. The topological polar surface area (TPSA) is 84.3 Å². The fourth-order valence-corrected chi connectivity index (χ4v) is 5.62. The van der Waals surface area contributed by atoms with Crippen LogP contribution >= 0.6 is 11.6 Å². The van der Waals surface area contributed by atoms with Gasteiger partial charge >= 0.3 is 0 Å². The van der Waals surface area contributed by atoms with Gasteiger partial charge in [0.05, 0.1) is 4.90 Å². The number of nitrogens with one attached hydrogen (secondary N) is 1. The standard InChI is InChI=1S/C23H24ClFN4O3S/c1-28-15-12-26-22(28)21(19-4-2-3-5-20(19)25)27-23(30)16-10-13-29(14-11-16)33(31,32)18-8-6-17(24)7-9-18/h2-9,12,15-16,21H,10-11,13-14H2,1H3,(H,27,30). The number of hydrogen-bond donors (Lipinski definition) is 1. The number of benzene rings is 2. The molecule has 33 heavy (non-hydrogen) atoms. The van der Waals surface area contributed by atoms with Crippen LogP contribution in [-0.4, -0.2) is 41.3 Å². The van der Waals surface area contributed by atoms with Crippen LogP contribution in [0.5, 0.6) is 0 Å². The maximum Gasteiger partial charge on any atom is 0.243 e. The van der Waals surface area contributed by atoms with E-state index in [-0.39, 0.29) is 23.9 Å². The van der Waals surface area contributed by atoms with E-state index >= 15 is 0 Å². The summed E-state index contributed by atoms with van der Waals surface area (Å²) in [6.07, 6.45) is 4.05. The molecule has 1 unspecified atom stereocenters. The van der Waals surface area contributed by atoms with Crippen molar-refractivity contribution in [1.29, 1.82) is 0 Å². The van der Waals surface area contributed by atoms with E-state index in [0.717, 1.165) is 0 Å². The second-order valence-corrected chi connectivity index (χ2v) is 10.4. The summed E-state index contributed by atoms with van der Waals surface area (Å²) in [5.41, 5.74) is 0.322. The van der Waals surface area contributed by atoms with E-state index in [1.165, 1.54) is 34.6 Å². The van der Waals surface area contributed by atoms with Gasteiger partial charge in [0, 0.05) is 49.0 Å². The monoisotopic (exact) mass is 490 g/mol. The third-order valence-electron chi connectivity index (χ3n) is 5.90. The Kier molecular flexibility index (Phi) is 6.83. The molecule has 1 N–H and O–H groups in total. The Morgan fingerprint density at radius 1 is 1.15 bits per heavy atom. The molecule has 0 saturated carbocycles. The number of halogens is 2. The number of carbonyl (C=O) groups excluding carboxylic acids is 1. The molecule has 2 heterocycles. The molecule has 10 heteroatoms. The fourth-order valence-electron chi connectivity index (χ4n) is 4.02. The molecule has 1 amide bonds. The first-order valence-electron chi connectivity index (χ1n) is 10.5. The smallest absolute Gasteiger partial charge is 0.243 e. The average molecular weight is 491 g/mol. The average Bonchev–Trinajstić information content (AvgIpc) is 3.24. The molecule has 174 valence electrons. The van der Waals surface area contributed by atoms with Crippen molar-refractivity contribution in [2.45, 2.75) is 23.8 Å². The number of rotatable bonds is 6. The second kappa shape index (κ2) is 9.62. The van der Waals surface area contributed by atoms with Crippen LogP contribution < -0.4 is 5.32 Å². The van der Waals surface area contributed by atoms with Gasteiger partial charge in [-0.1, -0.05) is 29.8 Å². The molecule has 0 spiro atoms. The summed E-state index contributed by atoms with van der Waals surface area (Å²) < 4.78 is 43.5. The number of imidazole rings is 1. The van der Waals surface area contributed by atoms with Gasteiger partial charge in [0.15, 0.2) is 0 Å². The number of piperidine rings is 1. The van der Waals surface area contributed by atoms with Gasteiger partial charge in [-0.2, -0.15) is 4.31 Å². The molecule has 0 bridgehead atoms. The Bertz CT molecular complexity index is 1240. The summed E-state index contributed by atoms with van der Waals surface area (Å²) in [6.45, 7) is 0.436. The summed E-state index contributed by atoms with van der Waals surface area (Å²) >= 11 is 5.86. The molecule has 0 aliphatic carbocycles. The minimum Gasteiger partial charge on any atom is -0.342 e. The van der Waals surface area contributed by atoms with Crippen molar-refractivity contribution >= 4 is 27.5 Å². The highest BCUT2D eigenvalue weighted by Crippen LogP contribution is 2.27. The highest BCUT2D eigenvalue weighted by Gasteiger charge is 2.34. The van der Waals surface area contributed by atoms with Crippen LogP contribution in [0.4, 0.5) is 4.39 Å². The van der Waals surface area contributed by atoms with Crippen molar-refractivity contribution in [3.05, 3.63) is 83.2 Å². The molecule has 1 aliphatic heterocycles. The molecule has 4 rings (SSSR count). The second-order valence-electron chi connectivity index (χ2n) is 7.99. The van der Waals surface area contributed by atoms with Gasteiger partial charge in [-0.3, -0.25) is 4.79 Å². The number of aromatic nitrogens is 2. The summed E-state index contributed by atoms with van der Waals surface area (Å²) in [4.78, 5) is 17.6.